The average Bonchev–Trinajstić information content (AvgIpc) is 2.89. The lowest BCUT2D eigenvalue weighted by molar-refractivity contribution is -0.130. The lowest BCUT2D eigenvalue weighted by Gasteiger charge is -2.30. The number of aromatic amines is 1. The fourth-order valence-corrected chi connectivity index (χ4v) is 4.89. The van der Waals surface area contributed by atoms with Gasteiger partial charge in [-0.1, -0.05) is 18.2 Å². The summed E-state index contributed by atoms with van der Waals surface area (Å²) in [4.78, 5) is 32.4. The molecule has 0 aliphatic carbocycles. The molecular weight excluding hydrogens is 452 g/mol. The number of halogens is 2. The normalized spacial score (nSPS) is 16.5. The highest BCUT2D eigenvalue weighted by Gasteiger charge is 2.23. The molecule has 1 amide bonds. The van der Waals surface area contributed by atoms with Crippen molar-refractivity contribution in [3.63, 3.8) is 0 Å². The number of carbonyl (C=O) groups is 1. The predicted molar refractivity (Wildman–Crippen MR) is 132 cm³/mol. The van der Waals surface area contributed by atoms with Gasteiger partial charge in [0.2, 0.25) is 5.91 Å². The molecule has 1 fully saturated rings. The molecule has 1 aromatic heterocycles. The molecule has 0 spiro atoms. The fraction of sp³-hybridized carbons (Fsp3) is 0.333. The van der Waals surface area contributed by atoms with Crippen LogP contribution in [0.15, 0.2) is 47.3 Å². The third-order valence-electron chi connectivity index (χ3n) is 6.89. The van der Waals surface area contributed by atoms with Crippen molar-refractivity contribution in [2.75, 3.05) is 44.3 Å². The molecule has 182 valence electrons. The molecule has 6 nitrogen and oxygen atoms in total. The quantitative estimate of drug-likeness (QED) is 0.618. The van der Waals surface area contributed by atoms with Gasteiger partial charge in [-0.2, -0.15) is 0 Å². The first kappa shape index (κ1) is 23.2. The highest BCUT2D eigenvalue weighted by molar-refractivity contribution is 5.87. The minimum atomic E-state index is -1.02. The molecule has 2 aromatic carbocycles. The summed E-state index contributed by atoms with van der Waals surface area (Å²) >= 11 is 0. The molecule has 2 aliphatic rings. The van der Waals surface area contributed by atoms with E-state index in [1.807, 2.05) is 0 Å². The molecule has 0 saturated carbocycles. The molecular formula is C27H27F2N3O3. The van der Waals surface area contributed by atoms with E-state index in [1.54, 1.807) is 11.8 Å². The van der Waals surface area contributed by atoms with E-state index in [9.17, 15) is 18.4 Å². The number of benzene rings is 2. The molecule has 2 aliphatic heterocycles. The average molecular weight is 480 g/mol. The number of morpholine rings is 1. The Labute approximate surface area is 201 Å². The Hall–Kier alpha value is -3.52. The number of hydrogen-bond acceptors (Lipinski definition) is 4. The second-order valence-electron chi connectivity index (χ2n) is 9.00. The van der Waals surface area contributed by atoms with Crippen LogP contribution < -0.4 is 10.5 Å². The van der Waals surface area contributed by atoms with E-state index < -0.39 is 17.2 Å². The number of carbonyl (C=O) groups excluding carboxylic acids is 1. The van der Waals surface area contributed by atoms with Crippen molar-refractivity contribution in [3.8, 4) is 0 Å². The van der Waals surface area contributed by atoms with E-state index in [0.717, 1.165) is 49.2 Å². The Bertz CT molecular complexity index is 1360. The van der Waals surface area contributed by atoms with Crippen molar-refractivity contribution in [1.82, 2.24) is 9.88 Å². The molecule has 1 N–H and O–H groups in total. The third kappa shape index (κ3) is 4.58. The Kier molecular flexibility index (Phi) is 6.38. The lowest BCUT2D eigenvalue weighted by Crippen LogP contribution is -2.37. The highest BCUT2D eigenvalue weighted by Crippen LogP contribution is 2.26. The second kappa shape index (κ2) is 9.62. The summed E-state index contributed by atoms with van der Waals surface area (Å²) in [6.45, 7) is 5.73. The van der Waals surface area contributed by atoms with Crippen LogP contribution in [0.4, 0.5) is 14.5 Å². The first-order valence-electron chi connectivity index (χ1n) is 11.8. The van der Waals surface area contributed by atoms with Gasteiger partial charge in [-0.05, 0) is 54.3 Å². The number of rotatable bonds is 4. The maximum atomic E-state index is 14.4. The summed E-state index contributed by atoms with van der Waals surface area (Å²) in [5.74, 6) is -2.23. The third-order valence-corrected chi connectivity index (χ3v) is 6.89. The first-order valence-corrected chi connectivity index (χ1v) is 11.8. The Morgan fingerprint density at radius 3 is 2.54 bits per heavy atom. The number of H-pyrrole nitrogens is 1. The van der Waals surface area contributed by atoms with Gasteiger partial charge in [0.1, 0.15) is 0 Å². The number of amides is 1. The van der Waals surface area contributed by atoms with Gasteiger partial charge < -0.3 is 19.5 Å². The molecule has 1 saturated heterocycles. The van der Waals surface area contributed by atoms with Crippen LogP contribution in [-0.4, -0.2) is 55.2 Å². The van der Waals surface area contributed by atoms with Crippen LogP contribution in [-0.2, 0) is 16.0 Å². The van der Waals surface area contributed by atoms with Crippen LogP contribution in [0.2, 0.25) is 0 Å². The molecule has 0 radical (unpaired) electrons. The molecule has 0 atom stereocenters. The minimum Gasteiger partial charge on any atom is -0.378 e. The van der Waals surface area contributed by atoms with Crippen molar-refractivity contribution < 1.29 is 18.3 Å². The fourth-order valence-electron chi connectivity index (χ4n) is 4.89. The lowest BCUT2D eigenvalue weighted by atomic mass is 9.98. The second-order valence-corrected chi connectivity index (χ2v) is 9.00. The van der Waals surface area contributed by atoms with E-state index in [2.05, 4.69) is 40.2 Å². The molecule has 3 aromatic rings. The number of hydrogen-bond donors (Lipinski definition) is 1. The zero-order valence-electron chi connectivity index (χ0n) is 19.6. The summed E-state index contributed by atoms with van der Waals surface area (Å²) in [5, 5.41) is 0.00647. The largest absolute Gasteiger partial charge is 0.378 e. The van der Waals surface area contributed by atoms with E-state index in [0.29, 0.717) is 25.1 Å². The van der Waals surface area contributed by atoms with Crippen LogP contribution in [0.3, 0.4) is 0 Å². The van der Waals surface area contributed by atoms with Crippen LogP contribution in [0.5, 0.6) is 0 Å². The summed E-state index contributed by atoms with van der Waals surface area (Å²) in [6.07, 6.45) is 2.68. The van der Waals surface area contributed by atoms with E-state index >= 15 is 0 Å². The molecule has 8 heteroatoms. The number of nitrogens with one attached hydrogen (secondary N) is 1. The number of ether oxygens (including phenoxy) is 1. The highest BCUT2D eigenvalue weighted by atomic mass is 19.2. The summed E-state index contributed by atoms with van der Waals surface area (Å²) in [6, 6.07) is 10.6. The number of aryl methyl sites for hydroxylation is 1. The van der Waals surface area contributed by atoms with Crippen LogP contribution in [0, 0.1) is 18.6 Å². The topological polar surface area (TPSA) is 65.6 Å². The van der Waals surface area contributed by atoms with Gasteiger partial charge in [0.15, 0.2) is 11.6 Å². The monoisotopic (exact) mass is 479 g/mol. The van der Waals surface area contributed by atoms with Crippen molar-refractivity contribution in [1.29, 1.82) is 0 Å². The molecule has 5 rings (SSSR count). The van der Waals surface area contributed by atoms with E-state index in [-0.39, 0.29) is 28.8 Å². The van der Waals surface area contributed by atoms with Crippen molar-refractivity contribution in [2.45, 2.75) is 19.8 Å². The van der Waals surface area contributed by atoms with Gasteiger partial charge in [0.25, 0.3) is 5.56 Å². The van der Waals surface area contributed by atoms with E-state index in [1.165, 1.54) is 6.07 Å². The predicted octanol–water partition coefficient (Wildman–Crippen LogP) is 3.81. The maximum absolute atomic E-state index is 14.4. The standard InChI is InChI=1S/C27H27F2N3O3/c1-17-21(27(34)30-23-9-8-22(28)26(29)25(17)23)15-24(33)32-10-2-3-19(16-32)18-4-6-20(7-5-18)31-11-13-35-14-12-31/h3-9H,2,10-16H2,1H3,(H,30,34). The van der Waals surface area contributed by atoms with E-state index in [4.69, 9.17) is 4.74 Å². The Morgan fingerprint density at radius 1 is 1.06 bits per heavy atom. The Balaban J connectivity index is 1.32. The number of anilines is 1. The molecule has 0 bridgehead atoms. The smallest absolute Gasteiger partial charge is 0.252 e. The van der Waals surface area contributed by atoms with Gasteiger partial charge >= 0.3 is 0 Å². The number of fused-ring (bicyclic) bond motifs is 1. The summed E-state index contributed by atoms with van der Waals surface area (Å²) in [5.41, 5.74) is 3.47. The van der Waals surface area contributed by atoms with Crippen molar-refractivity contribution in [3.05, 3.63) is 81.2 Å². The van der Waals surface area contributed by atoms with Gasteiger partial charge in [-0.15, -0.1) is 0 Å². The van der Waals surface area contributed by atoms with Crippen molar-refractivity contribution in [2.24, 2.45) is 0 Å². The molecule has 35 heavy (non-hydrogen) atoms. The van der Waals surface area contributed by atoms with Crippen molar-refractivity contribution >= 4 is 28.1 Å². The SMILES string of the molecule is Cc1c(CC(=O)N2CCC=C(c3ccc(N4CCOCC4)cc3)C2)c(=O)[nH]c2ccc(F)c(F)c12. The zero-order chi connectivity index (χ0) is 24.5. The number of nitrogens with zero attached hydrogens (tertiary/aromatic N) is 2. The molecule has 3 heterocycles. The van der Waals surface area contributed by atoms with Crippen LogP contribution >= 0.6 is 0 Å². The maximum Gasteiger partial charge on any atom is 0.252 e. The number of pyridine rings is 1. The first-order chi connectivity index (χ1) is 16.9. The molecule has 0 unspecified atom stereocenters. The van der Waals surface area contributed by atoms with Crippen LogP contribution in [0.1, 0.15) is 23.1 Å². The van der Waals surface area contributed by atoms with Crippen LogP contribution in [0.25, 0.3) is 16.5 Å². The zero-order valence-corrected chi connectivity index (χ0v) is 19.6. The van der Waals surface area contributed by atoms with Gasteiger partial charge in [0, 0.05) is 42.8 Å². The van der Waals surface area contributed by atoms with Gasteiger partial charge in [0.05, 0.1) is 25.2 Å². The summed E-state index contributed by atoms with van der Waals surface area (Å²) in [7, 11) is 0. The summed E-state index contributed by atoms with van der Waals surface area (Å²) < 4.78 is 33.7. The minimum absolute atomic E-state index is 0.00647. The Morgan fingerprint density at radius 2 is 1.80 bits per heavy atom. The number of aromatic nitrogens is 1. The van der Waals surface area contributed by atoms with Gasteiger partial charge in [-0.25, -0.2) is 8.78 Å². The van der Waals surface area contributed by atoms with Gasteiger partial charge in [-0.3, -0.25) is 9.59 Å².